The van der Waals surface area contributed by atoms with Gasteiger partial charge in [-0.3, -0.25) is 15.5 Å². The van der Waals surface area contributed by atoms with Crippen LogP contribution < -0.4 is 14.9 Å². The zero-order chi connectivity index (χ0) is 24.0. The number of halogens is 4. The molecule has 172 valence electrons. The Bertz CT molecular complexity index is 1170. The number of non-ortho nitro benzene ring substituents is 1. The summed E-state index contributed by atoms with van der Waals surface area (Å²) < 4.78 is 49.5. The molecule has 3 aromatic rings. The summed E-state index contributed by atoms with van der Waals surface area (Å²) >= 11 is 3.40. The van der Waals surface area contributed by atoms with Gasteiger partial charge in [-0.25, -0.2) is 4.98 Å². The Kier molecular flexibility index (Phi) is 7.48. The maximum atomic E-state index is 12.6. The number of nitro groups is 1. The van der Waals surface area contributed by atoms with Crippen LogP contribution in [0, 0.1) is 10.1 Å². The first kappa shape index (κ1) is 24.0. The van der Waals surface area contributed by atoms with Gasteiger partial charge >= 0.3 is 6.18 Å². The molecule has 0 spiro atoms. The molecule has 0 atom stereocenters. The van der Waals surface area contributed by atoms with E-state index in [1.807, 2.05) is 0 Å². The van der Waals surface area contributed by atoms with Crippen molar-refractivity contribution in [1.29, 1.82) is 0 Å². The quantitative estimate of drug-likeness (QED) is 0.227. The van der Waals surface area contributed by atoms with Crippen LogP contribution in [0.5, 0.6) is 11.5 Å². The zero-order valence-electron chi connectivity index (χ0n) is 17.0. The summed E-state index contributed by atoms with van der Waals surface area (Å²) in [7, 11) is 1.45. The maximum absolute atomic E-state index is 12.6. The van der Waals surface area contributed by atoms with E-state index in [4.69, 9.17) is 9.47 Å². The topological polar surface area (TPSA) is 98.9 Å². The van der Waals surface area contributed by atoms with Gasteiger partial charge < -0.3 is 9.47 Å². The van der Waals surface area contributed by atoms with E-state index in [1.165, 1.54) is 31.5 Å². The van der Waals surface area contributed by atoms with Crippen LogP contribution in [0.4, 0.5) is 24.7 Å². The second kappa shape index (κ2) is 10.3. The van der Waals surface area contributed by atoms with Gasteiger partial charge in [0.15, 0.2) is 11.5 Å². The fourth-order valence-corrected chi connectivity index (χ4v) is 3.24. The minimum Gasteiger partial charge on any atom is -0.493 e. The van der Waals surface area contributed by atoms with E-state index in [0.717, 1.165) is 6.07 Å². The molecule has 0 radical (unpaired) electrons. The number of aromatic nitrogens is 1. The predicted molar refractivity (Wildman–Crippen MR) is 119 cm³/mol. The van der Waals surface area contributed by atoms with E-state index in [1.54, 1.807) is 24.3 Å². The molecule has 0 aliphatic carbocycles. The number of anilines is 1. The summed E-state index contributed by atoms with van der Waals surface area (Å²) in [5, 5.41) is 14.9. The average molecular weight is 525 g/mol. The van der Waals surface area contributed by atoms with Crippen LogP contribution in [0.25, 0.3) is 0 Å². The number of hydrogen-bond donors (Lipinski definition) is 1. The fraction of sp³-hybridized carbons (Fsp3) is 0.143. The van der Waals surface area contributed by atoms with Crippen LogP contribution in [0.15, 0.2) is 64.3 Å². The molecule has 0 fully saturated rings. The maximum Gasteiger partial charge on any atom is 0.417 e. The number of ether oxygens (including phenoxy) is 2. The Morgan fingerprint density at radius 3 is 2.67 bits per heavy atom. The third-order valence-corrected chi connectivity index (χ3v) is 4.83. The highest BCUT2D eigenvalue weighted by atomic mass is 79.9. The van der Waals surface area contributed by atoms with Crippen LogP contribution in [0.2, 0.25) is 0 Å². The van der Waals surface area contributed by atoms with Gasteiger partial charge in [0.1, 0.15) is 12.4 Å². The molecule has 8 nitrogen and oxygen atoms in total. The number of hydrazone groups is 1. The molecule has 0 saturated carbocycles. The van der Waals surface area contributed by atoms with Crippen molar-refractivity contribution in [2.45, 2.75) is 12.8 Å². The fourth-order valence-electron chi connectivity index (χ4n) is 2.67. The molecule has 3 rings (SSSR count). The Hall–Kier alpha value is -3.67. The second-order valence-corrected chi connectivity index (χ2v) is 7.40. The molecule has 0 aliphatic rings. The van der Waals surface area contributed by atoms with Crippen LogP contribution in [0.1, 0.15) is 16.7 Å². The zero-order valence-corrected chi connectivity index (χ0v) is 18.6. The van der Waals surface area contributed by atoms with E-state index in [0.29, 0.717) is 33.3 Å². The average Bonchev–Trinajstić information content (AvgIpc) is 2.78. The third-order valence-electron chi connectivity index (χ3n) is 4.24. The van der Waals surface area contributed by atoms with Crippen molar-refractivity contribution in [3.05, 3.63) is 86.0 Å². The lowest BCUT2D eigenvalue weighted by molar-refractivity contribution is -0.384. The Balaban J connectivity index is 1.69. The lowest BCUT2D eigenvalue weighted by Gasteiger charge is -2.13. The SMILES string of the molecule is COc1cc(/C=N\Nc2ccc(C(F)(F)F)cn2)cc(Br)c1OCc1cccc([N+](=O)[O-])c1. The predicted octanol–water partition coefficient (Wildman–Crippen LogP) is 5.80. The molecule has 12 heteroatoms. The summed E-state index contributed by atoms with van der Waals surface area (Å²) in [4.78, 5) is 14.1. The lowest BCUT2D eigenvalue weighted by Crippen LogP contribution is -2.05. The van der Waals surface area contributed by atoms with E-state index in [2.05, 4.69) is 31.4 Å². The van der Waals surface area contributed by atoms with Crippen LogP contribution >= 0.6 is 15.9 Å². The number of hydrogen-bond acceptors (Lipinski definition) is 7. The number of methoxy groups -OCH3 is 1. The van der Waals surface area contributed by atoms with Gasteiger partial charge in [-0.15, -0.1) is 0 Å². The molecule has 0 unspecified atom stereocenters. The minimum absolute atomic E-state index is 0.0382. The van der Waals surface area contributed by atoms with Gasteiger partial charge in [0, 0.05) is 18.3 Å². The molecule has 0 saturated heterocycles. The molecule has 0 bridgehead atoms. The largest absolute Gasteiger partial charge is 0.493 e. The molecule has 2 aromatic carbocycles. The molecular weight excluding hydrogens is 509 g/mol. The van der Waals surface area contributed by atoms with Crippen molar-refractivity contribution in [3.8, 4) is 11.5 Å². The van der Waals surface area contributed by atoms with Crippen molar-refractivity contribution in [2.75, 3.05) is 12.5 Å². The Labute approximate surface area is 194 Å². The summed E-state index contributed by atoms with van der Waals surface area (Å²) in [6.45, 7) is 0.0746. The van der Waals surface area contributed by atoms with Crippen LogP contribution in [-0.2, 0) is 12.8 Å². The lowest BCUT2D eigenvalue weighted by atomic mass is 10.2. The standard InChI is InChI=1S/C21H16BrF3N4O4/c1-32-18-9-14(10-27-28-19-6-5-15(11-26-19)21(23,24)25)8-17(22)20(18)33-12-13-3-2-4-16(7-13)29(30)31/h2-11H,12H2,1H3,(H,26,28)/b27-10-. The molecule has 1 heterocycles. The molecule has 1 aromatic heterocycles. The van der Waals surface area contributed by atoms with Crippen molar-refractivity contribution < 1.29 is 27.6 Å². The number of nitrogens with zero attached hydrogens (tertiary/aromatic N) is 3. The first-order chi connectivity index (χ1) is 15.7. The van der Waals surface area contributed by atoms with Gasteiger partial charge in [-0.2, -0.15) is 18.3 Å². The second-order valence-electron chi connectivity index (χ2n) is 6.55. The van der Waals surface area contributed by atoms with E-state index >= 15 is 0 Å². The molecule has 33 heavy (non-hydrogen) atoms. The number of nitro benzene ring substituents is 1. The normalized spacial score (nSPS) is 11.4. The van der Waals surface area contributed by atoms with Crippen molar-refractivity contribution in [3.63, 3.8) is 0 Å². The van der Waals surface area contributed by atoms with E-state index < -0.39 is 16.7 Å². The monoisotopic (exact) mass is 524 g/mol. The number of rotatable bonds is 8. The van der Waals surface area contributed by atoms with Crippen molar-refractivity contribution >= 4 is 33.6 Å². The van der Waals surface area contributed by atoms with Gasteiger partial charge in [0.25, 0.3) is 5.69 Å². The number of alkyl halides is 3. The van der Waals surface area contributed by atoms with E-state index in [9.17, 15) is 23.3 Å². The molecule has 0 aliphatic heterocycles. The summed E-state index contributed by atoms with van der Waals surface area (Å²) in [6, 6.07) is 11.5. The molecular formula is C21H16BrF3N4O4. The number of benzene rings is 2. The van der Waals surface area contributed by atoms with Crippen LogP contribution in [-0.4, -0.2) is 23.2 Å². The number of pyridine rings is 1. The molecule has 1 N–H and O–H groups in total. The van der Waals surface area contributed by atoms with Crippen molar-refractivity contribution in [1.82, 2.24) is 4.98 Å². The first-order valence-electron chi connectivity index (χ1n) is 9.23. The van der Waals surface area contributed by atoms with Gasteiger partial charge in [-0.1, -0.05) is 12.1 Å². The summed E-state index contributed by atoms with van der Waals surface area (Å²) in [5.74, 6) is 0.907. The first-order valence-corrected chi connectivity index (χ1v) is 10.0. The highest BCUT2D eigenvalue weighted by Gasteiger charge is 2.30. The van der Waals surface area contributed by atoms with Gasteiger partial charge in [-0.05, 0) is 51.3 Å². The highest BCUT2D eigenvalue weighted by Crippen LogP contribution is 2.37. The van der Waals surface area contributed by atoms with Crippen molar-refractivity contribution in [2.24, 2.45) is 5.10 Å². The van der Waals surface area contributed by atoms with Gasteiger partial charge in [0.2, 0.25) is 0 Å². The van der Waals surface area contributed by atoms with Crippen LogP contribution in [0.3, 0.4) is 0 Å². The summed E-state index contributed by atoms with van der Waals surface area (Å²) in [5.41, 5.74) is 2.87. The van der Waals surface area contributed by atoms with E-state index in [-0.39, 0.29) is 18.1 Å². The Morgan fingerprint density at radius 1 is 1.24 bits per heavy atom. The Morgan fingerprint density at radius 2 is 2.03 bits per heavy atom. The van der Waals surface area contributed by atoms with Gasteiger partial charge in [0.05, 0.1) is 28.3 Å². The number of nitrogens with one attached hydrogen (secondary N) is 1. The highest BCUT2D eigenvalue weighted by molar-refractivity contribution is 9.10. The minimum atomic E-state index is -4.46. The third kappa shape index (κ3) is 6.42. The smallest absolute Gasteiger partial charge is 0.417 e. The summed E-state index contributed by atoms with van der Waals surface area (Å²) in [6.07, 6.45) is -2.32. The molecule has 0 amide bonds.